The van der Waals surface area contributed by atoms with Crippen LogP contribution in [-0.4, -0.2) is 17.3 Å². The van der Waals surface area contributed by atoms with Gasteiger partial charge in [0.2, 0.25) is 5.91 Å². The molecule has 0 spiro atoms. The van der Waals surface area contributed by atoms with Crippen LogP contribution in [0.25, 0.3) is 6.08 Å². The molecule has 0 saturated carbocycles. The predicted octanol–water partition coefficient (Wildman–Crippen LogP) is 2.86. The zero-order valence-corrected chi connectivity index (χ0v) is 10.6. The monoisotopic (exact) mass is 267 g/mol. The van der Waals surface area contributed by atoms with Crippen molar-refractivity contribution in [2.24, 2.45) is 0 Å². The third-order valence-corrected chi connectivity index (χ3v) is 2.70. The summed E-state index contributed by atoms with van der Waals surface area (Å²) in [4.78, 5) is 22.6. The number of amides is 1. The number of anilines is 1. The first-order valence-corrected chi connectivity index (χ1v) is 6.02. The van der Waals surface area contributed by atoms with E-state index in [0.29, 0.717) is 23.1 Å². The lowest BCUT2D eigenvalue weighted by atomic mass is 10.2. The minimum Gasteiger partial charge on any atom is -0.507 e. The fourth-order valence-corrected chi connectivity index (χ4v) is 1.68. The molecule has 4 heteroatoms. The van der Waals surface area contributed by atoms with Crippen LogP contribution in [0.2, 0.25) is 0 Å². The molecule has 0 heterocycles. The summed E-state index contributed by atoms with van der Waals surface area (Å²) in [7, 11) is 0. The van der Waals surface area contributed by atoms with Crippen LogP contribution >= 0.6 is 0 Å². The SMILES string of the molecule is O=Cc1ccccc1NC(=O)/C=C/c1ccccc1O. The molecule has 0 fully saturated rings. The van der Waals surface area contributed by atoms with E-state index in [9.17, 15) is 14.7 Å². The molecule has 100 valence electrons. The first kappa shape index (κ1) is 13.5. The van der Waals surface area contributed by atoms with Crippen LogP contribution < -0.4 is 5.32 Å². The molecule has 2 aromatic rings. The molecule has 2 N–H and O–H groups in total. The fourth-order valence-electron chi connectivity index (χ4n) is 1.68. The molecular weight excluding hydrogens is 254 g/mol. The highest BCUT2D eigenvalue weighted by atomic mass is 16.3. The molecule has 4 nitrogen and oxygen atoms in total. The number of benzene rings is 2. The summed E-state index contributed by atoms with van der Waals surface area (Å²) in [5.74, 6) is -0.271. The van der Waals surface area contributed by atoms with Gasteiger partial charge in [0.05, 0.1) is 5.69 Å². The van der Waals surface area contributed by atoms with Crippen LogP contribution in [0.5, 0.6) is 5.75 Å². The molecule has 0 bridgehead atoms. The van der Waals surface area contributed by atoms with E-state index in [2.05, 4.69) is 5.32 Å². The number of hydrogen-bond donors (Lipinski definition) is 2. The normalized spacial score (nSPS) is 10.4. The second kappa shape index (κ2) is 6.33. The number of aromatic hydroxyl groups is 1. The van der Waals surface area contributed by atoms with E-state index in [4.69, 9.17) is 0 Å². The van der Waals surface area contributed by atoms with Crippen molar-refractivity contribution >= 4 is 24.0 Å². The molecule has 0 unspecified atom stereocenters. The quantitative estimate of drug-likeness (QED) is 0.661. The molecule has 0 aromatic heterocycles. The van der Waals surface area contributed by atoms with Gasteiger partial charge in [-0.15, -0.1) is 0 Å². The maximum atomic E-state index is 11.8. The summed E-state index contributed by atoms with van der Waals surface area (Å²) in [6, 6.07) is 13.4. The lowest BCUT2D eigenvalue weighted by molar-refractivity contribution is -0.111. The number of nitrogens with one attached hydrogen (secondary N) is 1. The van der Waals surface area contributed by atoms with Crippen LogP contribution in [0.15, 0.2) is 54.6 Å². The second-order valence-electron chi connectivity index (χ2n) is 4.09. The van der Waals surface area contributed by atoms with Gasteiger partial charge in [-0.2, -0.15) is 0 Å². The highest BCUT2D eigenvalue weighted by Crippen LogP contribution is 2.17. The van der Waals surface area contributed by atoms with E-state index in [1.807, 2.05) is 0 Å². The van der Waals surface area contributed by atoms with E-state index >= 15 is 0 Å². The smallest absolute Gasteiger partial charge is 0.248 e. The Kier molecular flexibility index (Phi) is 4.29. The highest BCUT2D eigenvalue weighted by Gasteiger charge is 2.03. The zero-order chi connectivity index (χ0) is 14.4. The van der Waals surface area contributed by atoms with Crippen molar-refractivity contribution in [3.63, 3.8) is 0 Å². The third kappa shape index (κ3) is 3.32. The Morgan fingerprint density at radius 1 is 1.00 bits per heavy atom. The Hall–Kier alpha value is -2.88. The van der Waals surface area contributed by atoms with Gasteiger partial charge in [0.15, 0.2) is 6.29 Å². The summed E-state index contributed by atoms with van der Waals surface area (Å²) in [6.45, 7) is 0. The molecule has 0 aliphatic rings. The van der Waals surface area contributed by atoms with Gasteiger partial charge >= 0.3 is 0 Å². The van der Waals surface area contributed by atoms with Crippen molar-refractivity contribution < 1.29 is 14.7 Å². The van der Waals surface area contributed by atoms with Gasteiger partial charge in [0.25, 0.3) is 0 Å². The van der Waals surface area contributed by atoms with E-state index in [0.717, 1.165) is 0 Å². The van der Waals surface area contributed by atoms with Gasteiger partial charge in [0, 0.05) is 17.2 Å². The van der Waals surface area contributed by atoms with Crippen molar-refractivity contribution in [2.45, 2.75) is 0 Å². The lowest BCUT2D eigenvalue weighted by Gasteiger charge is -2.04. The Balaban J connectivity index is 2.10. The van der Waals surface area contributed by atoms with Crippen molar-refractivity contribution in [1.82, 2.24) is 0 Å². The number of aldehydes is 1. The van der Waals surface area contributed by atoms with Crippen LogP contribution in [-0.2, 0) is 4.79 Å². The second-order valence-corrected chi connectivity index (χ2v) is 4.09. The van der Waals surface area contributed by atoms with Gasteiger partial charge in [0.1, 0.15) is 5.75 Å². The molecule has 20 heavy (non-hydrogen) atoms. The molecular formula is C16H13NO3. The molecule has 0 saturated heterocycles. The number of carbonyl (C=O) groups excluding carboxylic acids is 2. The maximum Gasteiger partial charge on any atom is 0.248 e. The first-order valence-electron chi connectivity index (χ1n) is 6.02. The van der Waals surface area contributed by atoms with Crippen LogP contribution in [0.3, 0.4) is 0 Å². The Morgan fingerprint density at radius 3 is 2.35 bits per heavy atom. The van der Waals surface area contributed by atoms with E-state index < -0.39 is 0 Å². The van der Waals surface area contributed by atoms with Gasteiger partial charge in [-0.3, -0.25) is 9.59 Å². The summed E-state index contributed by atoms with van der Waals surface area (Å²) in [5.41, 5.74) is 1.41. The Labute approximate surface area is 116 Å². The predicted molar refractivity (Wildman–Crippen MR) is 77.6 cm³/mol. The molecule has 1 amide bonds. The Morgan fingerprint density at radius 2 is 1.65 bits per heavy atom. The number of phenolic OH excluding ortho intramolecular Hbond substituents is 1. The molecule has 2 aromatic carbocycles. The van der Waals surface area contributed by atoms with E-state index in [-0.39, 0.29) is 11.7 Å². The average Bonchev–Trinajstić information content (AvgIpc) is 2.47. The topological polar surface area (TPSA) is 66.4 Å². The summed E-state index contributed by atoms with van der Waals surface area (Å²) < 4.78 is 0. The number of carbonyl (C=O) groups is 2. The van der Waals surface area contributed by atoms with Crippen molar-refractivity contribution in [3.8, 4) is 5.75 Å². The van der Waals surface area contributed by atoms with Crippen molar-refractivity contribution in [3.05, 3.63) is 65.7 Å². The van der Waals surface area contributed by atoms with Gasteiger partial charge in [-0.05, 0) is 24.3 Å². The van der Waals surface area contributed by atoms with Gasteiger partial charge < -0.3 is 10.4 Å². The van der Waals surface area contributed by atoms with Crippen LogP contribution in [0.1, 0.15) is 15.9 Å². The zero-order valence-electron chi connectivity index (χ0n) is 10.6. The van der Waals surface area contributed by atoms with Crippen molar-refractivity contribution in [2.75, 3.05) is 5.32 Å². The van der Waals surface area contributed by atoms with Gasteiger partial charge in [-0.1, -0.05) is 30.3 Å². The number of rotatable bonds is 4. The molecule has 0 aliphatic heterocycles. The maximum absolute atomic E-state index is 11.8. The molecule has 0 atom stereocenters. The lowest BCUT2D eigenvalue weighted by Crippen LogP contribution is -2.09. The number of phenols is 1. The first-order chi connectivity index (χ1) is 9.70. The summed E-state index contributed by atoms with van der Waals surface area (Å²) >= 11 is 0. The van der Waals surface area contributed by atoms with Gasteiger partial charge in [-0.25, -0.2) is 0 Å². The minimum atomic E-state index is -0.373. The number of para-hydroxylation sites is 2. The molecule has 0 aliphatic carbocycles. The minimum absolute atomic E-state index is 0.102. The fraction of sp³-hybridized carbons (Fsp3) is 0. The highest BCUT2D eigenvalue weighted by molar-refractivity contribution is 6.04. The largest absolute Gasteiger partial charge is 0.507 e. The van der Waals surface area contributed by atoms with E-state index in [1.54, 1.807) is 48.5 Å². The summed E-state index contributed by atoms with van der Waals surface area (Å²) in [6.07, 6.45) is 3.49. The third-order valence-electron chi connectivity index (χ3n) is 2.70. The summed E-state index contributed by atoms with van der Waals surface area (Å²) in [5, 5.41) is 12.2. The van der Waals surface area contributed by atoms with Crippen molar-refractivity contribution in [1.29, 1.82) is 0 Å². The van der Waals surface area contributed by atoms with E-state index in [1.165, 1.54) is 12.2 Å². The average molecular weight is 267 g/mol. The van der Waals surface area contributed by atoms with Crippen LogP contribution in [0.4, 0.5) is 5.69 Å². The number of hydrogen-bond acceptors (Lipinski definition) is 3. The molecule has 0 radical (unpaired) electrons. The van der Waals surface area contributed by atoms with Crippen LogP contribution in [0, 0.1) is 0 Å². The standard InChI is InChI=1S/C16H13NO3/c18-11-13-6-1-3-7-14(13)17-16(20)10-9-12-5-2-4-8-15(12)19/h1-11,19H,(H,17,20)/b10-9+. The molecule has 2 rings (SSSR count). The Bertz CT molecular complexity index is 662.